The van der Waals surface area contributed by atoms with Crippen molar-refractivity contribution in [3.63, 3.8) is 0 Å². The van der Waals surface area contributed by atoms with Crippen LogP contribution < -0.4 is 5.32 Å². The maximum atomic E-state index is 3.68. The van der Waals surface area contributed by atoms with E-state index in [9.17, 15) is 0 Å². The Balaban J connectivity index is 1.91. The number of rotatable bonds is 4. The van der Waals surface area contributed by atoms with Gasteiger partial charge in [-0.1, -0.05) is 18.6 Å². The lowest BCUT2D eigenvalue weighted by Crippen LogP contribution is -2.49. The van der Waals surface area contributed by atoms with Crippen LogP contribution in [0.4, 0.5) is 0 Å². The lowest BCUT2D eigenvalue weighted by atomic mass is 9.98. The molecule has 2 aliphatic rings. The van der Waals surface area contributed by atoms with Gasteiger partial charge in [0.15, 0.2) is 0 Å². The molecule has 2 unspecified atom stereocenters. The summed E-state index contributed by atoms with van der Waals surface area (Å²) in [6, 6.07) is 2.07. The van der Waals surface area contributed by atoms with Gasteiger partial charge in [-0.15, -0.1) is 0 Å². The fourth-order valence-corrected chi connectivity index (χ4v) is 3.13. The number of hydrogen-bond donors (Lipinski definition) is 1. The van der Waals surface area contributed by atoms with Gasteiger partial charge in [0.05, 0.1) is 0 Å². The predicted octanol–water partition coefficient (Wildman–Crippen LogP) is 2.95. The third kappa shape index (κ3) is 3.82. The van der Waals surface area contributed by atoms with Crippen molar-refractivity contribution in [2.24, 2.45) is 0 Å². The molecule has 0 radical (unpaired) electrons. The highest BCUT2D eigenvalue weighted by molar-refractivity contribution is 5.00. The summed E-state index contributed by atoms with van der Waals surface area (Å²) in [5.74, 6) is 0. The average molecular weight is 236 g/mol. The van der Waals surface area contributed by atoms with Crippen LogP contribution in [0.25, 0.3) is 0 Å². The summed E-state index contributed by atoms with van der Waals surface area (Å²) in [5, 5.41) is 3.68. The van der Waals surface area contributed by atoms with Gasteiger partial charge in [-0.2, -0.15) is 0 Å². The molecule has 1 aliphatic heterocycles. The van der Waals surface area contributed by atoms with Gasteiger partial charge >= 0.3 is 0 Å². The zero-order valence-electron chi connectivity index (χ0n) is 11.5. The van der Waals surface area contributed by atoms with Crippen LogP contribution in [0.2, 0.25) is 0 Å². The molecule has 2 atom stereocenters. The maximum absolute atomic E-state index is 3.68. The standard InChI is InChI=1S/C15H28N2/c1-13(2)17(15-9-4-3-5-10-15)12-14-8-6-7-11-16-14/h4,9,13-16H,3,5-8,10-12H2,1-2H3. The highest BCUT2D eigenvalue weighted by Crippen LogP contribution is 2.20. The normalized spacial score (nSPS) is 30.1. The molecular formula is C15H28N2. The molecule has 2 heteroatoms. The number of hydrogen-bond acceptors (Lipinski definition) is 2. The van der Waals surface area contributed by atoms with Crippen molar-refractivity contribution in [2.45, 2.75) is 70.5 Å². The van der Waals surface area contributed by atoms with E-state index in [1.54, 1.807) is 0 Å². The van der Waals surface area contributed by atoms with Crippen molar-refractivity contribution in [3.8, 4) is 0 Å². The monoisotopic (exact) mass is 236 g/mol. The first-order chi connectivity index (χ1) is 8.27. The van der Waals surface area contributed by atoms with E-state index in [4.69, 9.17) is 0 Å². The summed E-state index contributed by atoms with van der Waals surface area (Å²) in [6.07, 6.45) is 12.9. The Hall–Kier alpha value is -0.340. The van der Waals surface area contributed by atoms with Crippen LogP contribution in [-0.4, -0.2) is 36.1 Å². The van der Waals surface area contributed by atoms with Gasteiger partial charge in [0.1, 0.15) is 0 Å². The molecule has 1 heterocycles. The number of nitrogens with zero attached hydrogens (tertiary/aromatic N) is 1. The SMILES string of the molecule is CC(C)N(CC1CCCCN1)C1C=CCCC1. The number of nitrogens with one attached hydrogen (secondary N) is 1. The molecule has 2 nitrogen and oxygen atoms in total. The second-order valence-electron chi connectivity index (χ2n) is 5.86. The molecule has 0 amide bonds. The number of allylic oxidation sites excluding steroid dienone is 1. The largest absolute Gasteiger partial charge is 0.313 e. The first-order valence-electron chi connectivity index (χ1n) is 7.43. The van der Waals surface area contributed by atoms with Gasteiger partial charge in [-0.25, -0.2) is 0 Å². The molecular weight excluding hydrogens is 208 g/mol. The number of piperidine rings is 1. The van der Waals surface area contributed by atoms with Crippen LogP contribution in [0.5, 0.6) is 0 Å². The van der Waals surface area contributed by atoms with Crippen LogP contribution in [0.3, 0.4) is 0 Å². The van der Waals surface area contributed by atoms with Crippen molar-refractivity contribution < 1.29 is 0 Å². The van der Waals surface area contributed by atoms with E-state index >= 15 is 0 Å². The van der Waals surface area contributed by atoms with Crippen molar-refractivity contribution in [2.75, 3.05) is 13.1 Å². The second kappa shape index (κ2) is 6.55. The van der Waals surface area contributed by atoms with Gasteiger partial charge in [0, 0.05) is 24.7 Å². The predicted molar refractivity (Wildman–Crippen MR) is 74.3 cm³/mol. The van der Waals surface area contributed by atoms with Crippen LogP contribution >= 0.6 is 0 Å². The second-order valence-corrected chi connectivity index (χ2v) is 5.86. The quantitative estimate of drug-likeness (QED) is 0.755. The van der Waals surface area contributed by atoms with Crippen LogP contribution in [0.1, 0.15) is 52.4 Å². The lowest BCUT2D eigenvalue weighted by Gasteiger charge is -2.38. The molecule has 0 aromatic rings. The van der Waals surface area contributed by atoms with Crippen molar-refractivity contribution >= 4 is 0 Å². The Morgan fingerprint density at radius 1 is 1.24 bits per heavy atom. The average Bonchev–Trinajstić information content (AvgIpc) is 2.38. The van der Waals surface area contributed by atoms with Gasteiger partial charge in [0.25, 0.3) is 0 Å². The highest BCUT2D eigenvalue weighted by atomic mass is 15.2. The van der Waals surface area contributed by atoms with Crippen LogP contribution in [-0.2, 0) is 0 Å². The molecule has 1 fully saturated rings. The van der Waals surface area contributed by atoms with Crippen molar-refractivity contribution in [1.82, 2.24) is 10.2 Å². The van der Waals surface area contributed by atoms with Gasteiger partial charge in [-0.05, 0) is 52.5 Å². The molecule has 1 aliphatic carbocycles. The Morgan fingerprint density at radius 2 is 2.12 bits per heavy atom. The zero-order valence-corrected chi connectivity index (χ0v) is 11.5. The van der Waals surface area contributed by atoms with Crippen LogP contribution in [0.15, 0.2) is 12.2 Å². The molecule has 0 aromatic heterocycles. The smallest absolute Gasteiger partial charge is 0.0281 e. The van der Waals surface area contributed by atoms with Gasteiger partial charge in [-0.3, -0.25) is 4.90 Å². The minimum absolute atomic E-state index is 0.659. The fraction of sp³-hybridized carbons (Fsp3) is 0.867. The molecule has 17 heavy (non-hydrogen) atoms. The van der Waals surface area contributed by atoms with E-state index in [1.807, 2.05) is 0 Å². The zero-order chi connectivity index (χ0) is 12.1. The summed E-state index contributed by atoms with van der Waals surface area (Å²) >= 11 is 0. The summed E-state index contributed by atoms with van der Waals surface area (Å²) in [5.41, 5.74) is 0. The first kappa shape index (κ1) is 13.1. The summed E-state index contributed by atoms with van der Waals surface area (Å²) in [6.45, 7) is 7.13. The van der Waals surface area contributed by atoms with E-state index in [1.165, 1.54) is 51.6 Å². The van der Waals surface area contributed by atoms with Gasteiger partial charge < -0.3 is 5.32 Å². The van der Waals surface area contributed by atoms with Crippen LogP contribution in [0, 0.1) is 0 Å². The van der Waals surface area contributed by atoms with E-state index in [-0.39, 0.29) is 0 Å². The third-order valence-corrected chi connectivity index (χ3v) is 4.16. The Morgan fingerprint density at radius 3 is 2.71 bits per heavy atom. The third-order valence-electron chi connectivity index (χ3n) is 4.16. The molecule has 0 aromatic carbocycles. The summed E-state index contributed by atoms with van der Waals surface area (Å²) in [4.78, 5) is 2.69. The Kier molecular flexibility index (Phi) is 5.05. The first-order valence-corrected chi connectivity index (χ1v) is 7.43. The molecule has 1 N–H and O–H groups in total. The van der Waals surface area contributed by atoms with E-state index in [0.29, 0.717) is 12.1 Å². The Labute approximate surface area is 106 Å². The molecule has 0 spiro atoms. The molecule has 1 saturated heterocycles. The van der Waals surface area contributed by atoms with Gasteiger partial charge in [0.2, 0.25) is 0 Å². The van der Waals surface area contributed by atoms with Crippen molar-refractivity contribution in [3.05, 3.63) is 12.2 Å². The highest BCUT2D eigenvalue weighted by Gasteiger charge is 2.24. The molecule has 0 saturated carbocycles. The van der Waals surface area contributed by atoms with E-state index in [0.717, 1.165) is 6.04 Å². The minimum atomic E-state index is 0.659. The Bertz CT molecular complexity index is 241. The van der Waals surface area contributed by atoms with Crippen molar-refractivity contribution in [1.29, 1.82) is 0 Å². The lowest BCUT2D eigenvalue weighted by molar-refractivity contribution is 0.143. The molecule has 2 rings (SSSR count). The van der Waals surface area contributed by atoms with E-state index < -0.39 is 0 Å². The summed E-state index contributed by atoms with van der Waals surface area (Å²) < 4.78 is 0. The molecule has 98 valence electrons. The van der Waals surface area contributed by atoms with E-state index in [2.05, 4.69) is 36.2 Å². The summed E-state index contributed by atoms with van der Waals surface area (Å²) in [7, 11) is 0. The fourth-order valence-electron chi connectivity index (χ4n) is 3.13. The topological polar surface area (TPSA) is 15.3 Å². The maximum Gasteiger partial charge on any atom is 0.0281 e. The minimum Gasteiger partial charge on any atom is -0.313 e. The molecule has 0 bridgehead atoms.